The molecule has 3 amide bonds. The summed E-state index contributed by atoms with van der Waals surface area (Å²) in [5.41, 5.74) is 2.07. The van der Waals surface area contributed by atoms with Gasteiger partial charge in [-0.3, -0.25) is 4.79 Å². The second-order valence-electron chi connectivity index (χ2n) is 6.65. The molecule has 6 nitrogen and oxygen atoms in total. The molecule has 148 valence electrons. The zero-order valence-corrected chi connectivity index (χ0v) is 16.4. The molecule has 2 aromatic rings. The number of carbonyl (C=O) groups is 2. The van der Waals surface area contributed by atoms with Gasteiger partial charge in [0.05, 0.1) is 6.54 Å². The van der Waals surface area contributed by atoms with Gasteiger partial charge in [0.2, 0.25) is 5.91 Å². The molecule has 1 aliphatic heterocycles. The molecule has 7 heteroatoms. The van der Waals surface area contributed by atoms with Crippen molar-refractivity contribution in [3.8, 4) is 5.75 Å². The number of hydrogen-bond acceptors (Lipinski definition) is 3. The van der Waals surface area contributed by atoms with Crippen molar-refractivity contribution in [1.82, 2.24) is 15.5 Å². The average Bonchev–Trinajstić information content (AvgIpc) is 3.08. The maximum absolute atomic E-state index is 11.9. The Balaban J connectivity index is 1.37. The number of nitrogens with zero attached hydrogens (tertiary/aromatic N) is 1. The monoisotopic (exact) mass is 401 g/mol. The predicted molar refractivity (Wildman–Crippen MR) is 108 cm³/mol. The molecule has 1 heterocycles. The van der Waals surface area contributed by atoms with Crippen molar-refractivity contribution >= 4 is 23.5 Å². The zero-order chi connectivity index (χ0) is 19.8. The van der Waals surface area contributed by atoms with Crippen molar-refractivity contribution < 1.29 is 14.3 Å². The number of likely N-dealkylation sites (tertiary alicyclic amines) is 1. The minimum Gasteiger partial charge on any atom is -0.492 e. The van der Waals surface area contributed by atoms with Crippen LogP contribution in [0.5, 0.6) is 5.75 Å². The fourth-order valence-electron chi connectivity index (χ4n) is 3.06. The fourth-order valence-corrected chi connectivity index (χ4v) is 3.24. The SMILES string of the molecule is O=C(NCCOc1cccc(Cl)c1)NCc1cccc(CN2CCCC2=O)c1. The van der Waals surface area contributed by atoms with E-state index in [1.54, 1.807) is 12.1 Å². The number of nitrogens with one attached hydrogen (secondary N) is 2. The summed E-state index contributed by atoms with van der Waals surface area (Å²) in [4.78, 5) is 25.6. The third-order valence-corrected chi connectivity index (χ3v) is 4.68. The lowest BCUT2D eigenvalue weighted by Crippen LogP contribution is -2.37. The normalized spacial score (nSPS) is 13.5. The third-order valence-electron chi connectivity index (χ3n) is 4.44. The molecule has 0 radical (unpaired) electrons. The molecule has 0 aliphatic carbocycles. The number of hydrogen-bond donors (Lipinski definition) is 2. The second kappa shape index (κ2) is 9.99. The summed E-state index contributed by atoms with van der Waals surface area (Å²) in [6.45, 7) is 2.60. The quantitative estimate of drug-likeness (QED) is 0.666. The van der Waals surface area contributed by atoms with E-state index in [0.717, 1.165) is 24.1 Å². The van der Waals surface area contributed by atoms with Gasteiger partial charge >= 0.3 is 6.03 Å². The molecule has 28 heavy (non-hydrogen) atoms. The maximum atomic E-state index is 11.9. The molecule has 0 atom stereocenters. The van der Waals surface area contributed by atoms with Crippen molar-refractivity contribution in [3.05, 3.63) is 64.7 Å². The first-order valence-corrected chi connectivity index (χ1v) is 9.73. The number of benzene rings is 2. The van der Waals surface area contributed by atoms with Gasteiger partial charge in [0.25, 0.3) is 0 Å². The van der Waals surface area contributed by atoms with E-state index < -0.39 is 0 Å². The van der Waals surface area contributed by atoms with Gasteiger partial charge in [0.15, 0.2) is 0 Å². The first-order chi connectivity index (χ1) is 13.6. The molecule has 1 saturated heterocycles. The molecule has 0 saturated carbocycles. The van der Waals surface area contributed by atoms with Gasteiger partial charge in [-0.1, -0.05) is 41.9 Å². The number of carbonyl (C=O) groups excluding carboxylic acids is 2. The van der Waals surface area contributed by atoms with E-state index in [4.69, 9.17) is 16.3 Å². The van der Waals surface area contributed by atoms with E-state index in [1.165, 1.54) is 0 Å². The van der Waals surface area contributed by atoms with Gasteiger partial charge in [-0.05, 0) is 35.7 Å². The molecular formula is C21H24ClN3O3. The highest BCUT2D eigenvalue weighted by Gasteiger charge is 2.19. The molecule has 0 aromatic heterocycles. The zero-order valence-electron chi connectivity index (χ0n) is 15.6. The summed E-state index contributed by atoms with van der Waals surface area (Å²) in [6.07, 6.45) is 1.57. The van der Waals surface area contributed by atoms with Crippen LogP contribution in [0.15, 0.2) is 48.5 Å². The molecule has 3 rings (SSSR count). The third kappa shape index (κ3) is 6.16. The van der Waals surface area contributed by atoms with Gasteiger partial charge < -0.3 is 20.3 Å². The molecule has 2 aromatic carbocycles. The topological polar surface area (TPSA) is 70.7 Å². The Hall–Kier alpha value is -2.73. The van der Waals surface area contributed by atoms with Gasteiger partial charge in [-0.25, -0.2) is 4.79 Å². The van der Waals surface area contributed by atoms with Crippen LogP contribution in [0.1, 0.15) is 24.0 Å². The Bertz CT molecular complexity index is 828. The molecule has 2 N–H and O–H groups in total. The lowest BCUT2D eigenvalue weighted by molar-refractivity contribution is -0.128. The summed E-state index contributed by atoms with van der Waals surface area (Å²) < 4.78 is 5.53. The van der Waals surface area contributed by atoms with E-state index in [2.05, 4.69) is 10.6 Å². The van der Waals surface area contributed by atoms with E-state index >= 15 is 0 Å². The summed E-state index contributed by atoms with van der Waals surface area (Å²) >= 11 is 5.89. The van der Waals surface area contributed by atoms with E-state index in [1.807, 2.05) is 41.3 Å². The highest BCUT2D eigenvalue weighted by molar-refractivity contribution is 6.30. The molecule has 1 fully saturated rings. The summed E-state index contributed by atoms with van der Waals surface area (Å²) in [5, 5.41) is 6.20. The molecule has 1 aliphatic rings. The maximum Gasteiger partial charge on any atom is 0.315 e. The van der Waals surface area contributed by atoms with E-state index in [9.17, 15) is 9.59 Å². The molecular weight excluding hydrogens is 378 g/mol. The lowest BCUT2D eigenvalue weighted by Gasteiger charge is -2.16. The summed E-state index contributed by atoms with van der Waals surface area (Å²) in [6, 6.07) is 14.8. The van der Waals surface area contributed by atoms with Crippen LogP contribution in [0.2, 0.25) is 5.02 Å². The number of rotatable bonds is 8. The number of ether oxygens (including phenoxy) is 1. The standard InChI is InChI=1S/C21H24ClN3O3/c22-18-6-2-7-19(13-18)28-11-9-23-21(27)24-14-16-4-1-5-17(12-16)15-25-10-3-8-20(25)26/h1-2,4-7,12-13H,3,8-11,14-15H2,(H2,23,24,27). The summed E-state index contributed by atoms with van der Waals surface area (Å²) in [5.74, 6) is 0.880. The van der Waals surface area contributed by atoms with E-state index in [0.29, 0.717) is 43.4 Å². The Morgan fingerprint density at radius 3 is 2.71 bits per heavy atom. The van der Waals surface area contributed by atoms with Gasteiger partial charge in [0.1, 0.15) is 12.4 Å². The van der Waals surface area contributed by atoms with Crippen LogP contribution in [-0.4, -0.2) is 36.5 Å². The van der Waals surface area contributed by atoms with Crippen LogP contribution in [0, 0.1) is 0 Å². The van der Waals surface area contributed by atoms with Crippen LogP contribution < -0.4 is 15.4 Å². The minimum absolute atomic E-state index is 0.211. The van der Waals surface area contributed by atoms with Gasteiger partial charge in [-0.15, -0.1) is 0 Å². The average molecular weight is 402 g/mol. The predicted octanol–water partition coefficient (Wildman–Crippen LogP) is 3.34. The van der Waals surface area contributed by atoms with Crippen LogP contribution in [0.4, 0.5) is 4.79 Å². The number of amides is 3. The summed E-state index contributed by atoms with van der Waals surface area (Å²) in [7, 11) is 0. The Morgan fingerprint density at radius 1 is 1.11 bits per heavy atom. The first-order valence-electron chi connectivity index (χ1n) is 9.36. The van der Waals surface area contributed by atoms with Crippen LogP contribution in [0.25, 0.3) is 0 Å². The minimum atomic E-state index is -0.255. The Morgan fingerprint density at radius 2 is 1.93 bits per heavy atom. The Kier molecular flexibility index (Phi) is 7.14. The van der Waals surface area contributed by atoms with Crippen molar-refractivity contribution in [2.24, 2.45) is 0 Å². The van der Waals surface area contributed by atoms with Crippen LogP contribution in [-0.2, 0) is 17.9 Å². The smallest absolute Gasteiger partial charge is 0.315 e. The molecule has 0 bridgehead atoms. The highest BCUT2D eigenvalue weighted by atomic mass is 35.5. The Labute approximate surface area is 169 Å². The van der Waals surface area contributed by atoms with Crippen molar-refractivity contribution in [2.75, 3.05) is 19.7 Å². The van der Waals surface area contributed by atoms with Gasteiger partial charge in [-0.2, -0.15) is 0 Å². The lowest BCUT2D eigenvalue weighted by atomic mass is 10.1. The van der Waals surface area contributed by atoms with Crippen molar-refractivity contribution in [3.63, 3.8) is 0 Å². The number of halogens is 1. The highest BCUT2D eigenvalue weighted by Crippen LogP contribution is 2.17. The van der Waals surface area contributed by atoms with Crippen molar-refractivity contribution in [2.45, 2.75) is 25.9 Å². The fraction of sp³-hybridized carbons (Fsp3) is 0.333. The second-order valence-corrected chi connectivity index (χ2v) is 7.09. The van der Waals surface area contributed by atoms with Crippen molar-refractivity contribution in [1.29, 1.82) is 0 Å². The van der Waals surface area contributed by atoms with Crippen LogP contribution >= 0.6 is 11.6 Å². The number of urea groups is 1. The van der Waals surface area contributed by atoms with Crippen LogP contribution in [0.3, 0.4) is 0 Å². The largest absolute Gasteiger partial charge is 0.492 e. The molecule has 0 spiro atoms. The van der Waals surface area contributed by atoms with E-state index in [-0.39, 0.29) is 11.9 Å². The van der Waals surface area contributed by atoms with Gasteiger partial charge in [0, 0.05) is 31.1 Å². The first kappa shape index (κ1) is 20.0. The molecule has 0 unspecified atom stereocenters.